The molecule has 0 fully saturated rings. The van der Waals surface area contributed by atoms with E-state index in [1.165, 1.54) is 0 Å². The van der Waals surface area contributed by atoms with Gasteiger partial charge in [0.2, 0.25) is 0 Å². The molecule has 3 N–H and O–H groups in total. The van der Waals surface area contributed by atoms with E-state index in [0.29, 0.717) is 17.3 Å². The Hall–Kier alpha value is -1.87. The molecule has 0 heterocycles. The van der Waals surface area contributed by atoms with E-state index in [4.69, 9.17) is 22.1 Å². The molecule has 0 spiro atoms. The van der Waals surface area contributed by atoms with Gasteiger partial charge in [0.05, 0.1) is 6.61 Å². The molecule has 4 heteroatoms. The lowest BCUT2D eigenvalue weighted by atomic mass is 10.2. The molecule has 0 aliphatic rings. The second kappa shape index (κ2) is 5.65. The monoisotopic (exact) mass is 262 g/mol. The molecule has 0 saturated heterocycles. The highest BCUT2D eigenvalue weighted by Gasteiger charge is 2.00. The van der Waals surface area contributed by atoms with Crippen LogP contribution in [0.1, 0.15) is 6.92 Å². The Morgan fingerprint density at radius 1 is 1.11 bits per heavy atom. The highest BCUT2D eigenvalue weighted by Crippen LogP contribution is 2.26. The van der Waals surface area contributed by atoms with Crippen molar-refractivity contribution < 1.29 is 4.74 Å². The fourth-order valence-corrected chi connectivity index (χ4v) is 1.77. The molecular weight excluding hydrogens is 248 g/mol. The molecule has 2 aromatic carbocycles. The van der Waals surface area contributed by atoms with Gasteiger partial charge in [-0.2, -0.15) is 0 Å². The van der Waals surface area contributed by atoms with Crippen LogP contribution in [-0.4, -0.2) is 6.61 Å². The molecule has 0 amide bonds. The lowest BCUT2D eigenvalue weighted by molar-refractivity contribution is 0.340. The summed E-state index contributed by atoms with van der Waals surface area (Å²) >= 11 is 5.84. The summed E-state index contributed by atoms with van der Waals surface area (Å²) in [5, 5.41) is 3.96. The van der Waals surface area contributed by atoms with Crippen molar-refractivity contribution in [2.45, 2.75) is 6.92 Å². The average molecular weight is 263 g/mol. The van der Waals surface area contributed by atoms with E-state index >= 15 is 0 Å². The Morgan fingerprint density at radius 2 is 1.83 bits per heavy atom. The molecule has 2 aromatic rings. The number of nitrogens with two attached hydrogens (primary N) is 1. The number of nitrogen functional groups attached to an aromatic ring is 1. The summed E-state index contributed by atoms with van der Waals surface area (Å²) in [7, 11) is 0. The summed E-state index contributed by atoms with van der Waals surface area (Å²) in [6.07, 6.45) is 0. The fraction of sp³-hybridized carbons (Fsp3) is 0.143. The van der Waals surface area contributed by atoms with Gasteiger partial charge in [-0.3, -0.25) is 0 Å². The molecule has 18 heavy (non-hydrogen) atoms. The number of anilines is 3. The minimum Gasteiger partial charge on any atom is -0.494 e. The van der Waals surface area contributed by atoms with Crippen LogP contribution in [-0.2, 0) is 0 Å². The Kier molecular flexibility index (Phi) is 3.95. The number of hydrogen-bond acceptors (Lipinski definition) is 3. The largest absolute Gasteiger partial charge is 0.494 e. The lowest BCUT2D eigenvalue weighted by Gasteiger charge is -2.10. The molecule has 3 nitrogen and oxygen atoms in total. The summed E-state index contributed by atoms with van der Waals surface area (Å²) in [6, 6.07) is 13.1. The van der Waals surface area contributed by atoms with E-state index < -0.39 is 0 Å². The van der Waals surface area contributed by atoms with Crippen LogP contribution in [0.4, 0.5) is 17.1 Å². The predicted octanol–water partition coefficient (Wildman–Crippen LogP) is 4.06. The predicted molar refractivity (Wildman–Crippen MR) is 76.8 cm³/mol. The van der Waals surface area contributed by atoms with E-state index in [-0.39, 0.29) is 0 Å². The smallest absolute Gasteiger partial charge is 0.123 e. The van der Waals surface area contributed by atoms with Crippen molar-refractivity contribution in [3.63, 3.8) is 0 Å². The maximum Gasteiger partial charge on any atom is 0.123 e. The zero-order chi connectivity index (χ0) is 13.0. The first kappa shape index (κ1) is 12.6. The van der Waals surface area contributed by atoms with Crippen LogP contribution in [0.5, 0.6) is 5.75 Å². The molecule has 2 rings (SSSR count). The summed E-state index contributed by atoms with van der Waals surface area (Å²) < 4.78 is 5.44. The Bertz CT molecular complexity index is 526. The van der Waals surface area contributed by atoms with Gasteiger partial charge in [-0.1, -0.05) is 11.6 Å². The highest BCUT2D eigenvalue weighted by atomic mass is 35.5. The maximum absolute atomic E-state index is 5.84. The van der Waals surface area contributed by atoms with Crippen molar-refractivity contribution in [1.29, 1.82) is 0 Å². The molecule has 0 bridgehead atoms. The third-order valence-corrected chi connectivity index (χ3v) is 2.62. The second-order valence-corrected chi connectivity index (χ2v) is 4.29. The molecule has 0 saturated carbocycles. The van der Waals surface area contributed by atoms with Crippen molar-refractivity contribution in [2.24, 2.45) is 0 Å². The molecule has 0 aromatic heterocycles. The summed E-state index contributed by atoms with van der Waals surface area (Å²) in [6.45, 7) is 2.55. The van der Waals surface area contributed by atoms with Crippen LogP contribution in [0.2, 0.25) is 5.02 Å². The van der Waals surface area contributed by atoms with Crippen molar-refractivity contribution in [3.8, 4) is 5.75 Å². The number of halogens is 1. The molecule has 94 valence electrons. The van der Waals surface area contributed by atoms with Crippen molar-refractivity contribution in [2.75, 3.05) is 17.7 Å². The van der Waals surface area contributed by atoms with Gasteiger partial charge in [-0.05, 0) is 37.3 Å². The van der Waals surface area contributed by atoms with Crippen LogP contribution in [0.15, 0.2) is 42.5 Å². The van der Waals surface area contributed by atoms with Gasteiger partial charge in [0.25, 0.3) is 0 Å². The van der Waals surface area contributed by atoms with Gasteiger partial charge >= 0.3 is 0 Å². The minimum atomic E-state index is 0.615. The molecule has 0 aliphatic heterocycles. The summed E-state index contributed by atoms with van der Waals surface area (Å²) in [5.41, 5.74) is 8.33. The molecule has 0 atom stereocenters. The Balaban J connectivity index is 2.20. The van der Waals surface area contributed by atoms with E-state index in [0.717, 1.165) is 17.1 Å². The summed E-state index contributed by atoms with van der Waals surface area (Å²) in [4.78, 5) is 0. The second-order valence-electron chi connectivity index (χ2n) is 3.86. The third-order valence-electron chi connectivity index (χ3n) is 2.37. The van der Waals surface area contributed by atoms with Crippen LogP contribution < -0.4 is 15.8 Å². The van der Waals surface area contributed by atoms with Gasteiger partial charge in [0.15, 0.2) is 0 Å². The van der Waals surface area contributed by atoms with E-state index in [9.17, 15) is 0 Å². The normalized spacial score (nSPS) is 10.1. The van der Waals surface area contributed by atoms with E-state index in [1.54, 1.807) is 6.07 Å². The first-order valence-electron chi connectivity index (χ1n) is 5.73. The zero-order valence-electron chi connectivity index (χ0n) is 10.1. The molecule has 0 aliphatic carbocycles. The lowest BCUT2D eigenvalue weighted by Crippen LogP contribution is -1.96. The topological polar surface area (TPSA) is 47.3 Å². The minimum absolute atomic E-state index is 0.615. The van der Waals surface area contributed by atoms with Crippen LogP contribution in [0.25, 0.3) is 0 Å². The number of benzene rings is 2. The number of hydrogen-bond donors (Lipinski definition) is 2. The first-order valence-corrected chi connectivity index (χ1v) is 6.11. The van der Waals surface area contributed by atoms with Gasteiger partial charge in [0.1, 0.15) is 5.75 Å². The zero-order valence-corrected chi connectivity index (χ0v) is 10.9. The van der Waals surface area contributed by atoms with Gasteiger partial charge in [-0.15, -0.1) is 0 Å². The van der Waals surface area contributed by atoms with Gasteiger partial charge in [0, 0.05) is 34.2 Å². The average Bonchev–Trinajstić information content (AvgIpc) is 2.32. The van der Waals surface area contributed by atoms with E-state index in [2.05, 4.69) is 5.32 Å². The van der Waals surface area contributed by atoms with Crippen LogP contribution in [0, 0.1) is 0 Å². The number of nitrogens with one attached hydrogen (secondary N) is 1. The molecule has 0 radical (unpaired) electrons. The first-order chi connectivity index (χ1) is 8.67. The van der Waals surface area contributed by atoms with Crippen molar-refractivity contribution in [1.82, 2.24) is 0 Å². The van der Waals surface area contributed by atoms with Gasteiger partial charge in [-0.25, -0.2) is 0 Å². The maximum atomic E-state index is 5.84. The quantitative estimate of drug-likeness (QED) is 0.817. The summed E-state index contributed by atoms with van der Waals surface area (Å²) in [5.74, 6) is 0.758. The number of ether oxygens (including phenoxy) is 1. The molecule has 0 unspecified atom stereocenters. The van der Waals surface area contributed by atoms with Crippen molar-refractivity contribution in [3.05, 3.63) is 47.5 Å². The van der Waals surface area contributed by atoms with Crippen LogP contribution in [0.3, 0.4) is 0 Å². The van der Waals surface area contributed by atoms with Crippen LogP contribution >= 0.6 is 11.6 Å². The standard InChI is InChI=1S/C14H15ClN2O/c1-2-18-14-8-11(16)7-13(9-14)17-12-5-3-10(15)4-6-12/h3-9,17H,2,16H2,1H3. The number of rotatable bonds is 4. The highest BCUT2D eigenvalue weighted by molar-refractivity contribution is 6.30. The Morgan fingerprint density at radius 3 is 2.50 bits per heavy atom. The van der Waals surface area contributed by atoms with E-state index in [1.807, 2.05) is 43.3 Å². The van der Waals surface area contributed by atoms with Crippen molar-refractivity contribution >= 4 is 28.7 Å². The van der Waals surface area contributed by atoms with Gasteiger partial charge < -0.3 is 15.8 Å². The Labute approximate surface area is 112 Å². The SMILES string of the molecule is CCOc1cc(N)cc(Nc2ccc(Cl)cc2)c1. The molecular formula is C14H15ClN2O. The fourth-order valence-electron chi connectivity index (χ4n) is 1.64. The third kappa shape index (κ3) is 3.31.